The van der Waals surface area contributed by atoms with Crippen LogP contribution >= 0.6 is 24.0 Å². The van der Waals surface area contributed by atoms with Crippen LogP contribution in [0.1, 0.15) is 35.4 Å². The zero-order valence-corrected chi connectivity index (χ0v) is 19.6. The van der Waals surface area contributed by atoms with Crippen molar-refractivity contribution in [2.45, 2.75) is 33.2 Å². The standard InChI is InChI=1S/C21H31N5O.HI/c1-16-6-5-7-19(12-16)17(2)14-23-21(22-4)26-10-8-25(9-11-26)15-20-13-18(3)27-24-20;/h5-7,12-13,17H,8-11,14-15H2,1-4H3,(H,22,23);1H. The zero-order chi connectivity index (χ0) is 19.2. The molecule has 6 nitrogen and oxygen atoms in total. The van der Waals surface area contributed by atoms with Gasteiger partial charge in [0.25, 0.3) is 0 Å². The number of nitrogens with zero attached hydrogens (tertiary/aromatic N) is 4. The lowest BCUT2D eigenvalue weighted by Crippen LogP contribution is -2.52. The molecule has 1 fully saturated rings. The van der Waals surface area contributed by atoms with Gasteiger partial charge < -0.3 is 14.7 Å². The molecular weight excluding hydrogens is 465 g/mol. The molecule has 2 heterocycles. The maximum atomic E-state index is 5.16. The monoisotopic (exact) mass is 497 g/mol. The Hall–Kier alpha value is -1.61. The van der Waals surface area contributed by atoms with E-state index < -0.39 is 0 Å². The molecule has 0 spiro atoms. The summed E-state index contributed by atoms with van der Waals surface area (Å²) in [5, 5.41) is 7.65. The van der Waals surface area contributed by atoms with Gasteiger partial charge in [0.05, 0.1) is 5.69 Å². The molecular formula is C21H32IN5O. The van der Waals surface area contributed by atoms with Crippen LogP contribution in [-0.2, 0) is 6.54 Å². The van der Waals surface area contributed by atoms with E-state index in [9.17, 15) is 0 Å². The predicted molar refractivity (Wildman–Crippen MR) is 124 cm³/mol. The van der Waals surface area contributed by atoms with E-state index in [1.54, 1.807) is 0 Å². The fourth-order valence-electron chi connectivity index (χ4n) is 3.51. The third-order valence-corrected chi connectivity index (χ3v) is 5.12. The van der Waals surface area contributed by atoms with E-state index in [-0.39, 0.29) is 24.0 Å². The van der Waals surface area contributed by atoms with Crippen LogP contribution in [0.15, 0.2) is 39.8 Å². The molecule has 1 atom stereocenters. The molecule has 2 aromatic rings. The van der Waals surface area contributed by atoms with Crippen LogP contribution in [-0.4, -0.2) is 60.7 Å². The van der Waals surface area contributed by atoms with Gasteiger partial charge in [-0.15, -0.1) is 24.0 Å². The minimum atomic E-state index is 0. The predicted octanol–water partition coefficient (Wildman–Crippen LogP) is 3.41. The van der Waals surface area contributed by atoms with Crippen molar-refractivity contribution < 1.29 is 4.52 Å². The van der Waals surface area contributed by atoms with E-state index in [0.717, 1.165) is 56.7 Å². The van der Waals surface area contributed by atoms with Crippen molar-refractivity contribution in [1.82, 2.24) is 20.3 Å². The normalized spacial score (nSPS) is 16.6. The Morgan fingerprint density at radius 3 is 2.57 bits per heavy atom. The molecule has 3 rings (SSSR count). The Balaban J connectivity index is 0.00000280. The number of benzene rings is 1. The molecule has 0 saturated carbocycles. The average molecular weight is 497 g/mol. The Kier molecular flexibility index (Phi) is 8.75. The number of aryl methyl sites for hydroxylation is 2. The summed E-state index contributed by atoms with van der Waals surface area (Å²) < 4.78 is 5.16. The van der Waals surface area contributed by atoms with E-state index in [1.165, 1.54) is 11.1 Å². The maximum Gasteiger partial charge on any atom is 0.193 e. The quantitative estimate of drug-likeness (QED) is 0.390. The van der Waals surface area contributed by atoms with Crippen molar-refractivity contribution in [2.75, 3.05) is 39.8 Å². The molecule has 1 N–H and O–H groups in total. The van der Waals surface area contributed by atoms with Gasteiger partial charge in [-0.05, 0) is 25.3 Å². The van der Waals surface area contributed by atoms with Crippen molar-refractivity contribution in [1.29, 1.82) is 0 Å². The Morgan fingerprint density at radius 1 is 1.21 bits per heavy atom. The third-order valence-electron chi connectivity index (χ3n) is 5.12. The van der Waals surface area contributed by atoms with Crippen molar-refractivity contribution in [3.05, 3.63) is 52.9 Å². The fourth-order valence-corrected chi connectivity index (χ4v) is 3.51. The van der Waals surface area contributed by atoms with Crippen molar-refractivity contribution >= 4 is 29.9 Å². The lowest BCUT2D eigenvalue weighted by molar-refractivity contribution is 0.169. The highest BCUT2D eigenvalue weighted by atomic mass is 127. The molecule has 1 aliphatic rings. The minimum Gasteiger partial charge on any atom is -0.361 e. The van der Waals surface area contributed by atoms with E-state index in [4.69, 9.17) is 4.52 Å². The first-order valence-electron chi connectivity index (χ1n) is 9.72. The van der Waals surface area contributed by atoms with Crippen LogP contribution in [0.5, 0.6) is 0 Å². The number of nitrogens with one attached hydrogen (secondary N) is 1. The number of rotatable bonds is 5. The summed E-state index contributed by atoms with van der Waals surface area (Å²) in [5.74, 6) is 2.31. The third kappa shape index (κ3) is 6.20. The summed E-state index contributed by atoms with van der Waals surface area (Å²) >= 11 is 0. The second-order valence-electron chi connectivity index (χ2n) is 7.44. The second kappa shape index (κ2) is 10.8. The van der Waals surface area contributed by atoms with Crippen LogP contribution in [0.2, 0.25) is 0 Å². The summed E-state index contributed by atoms with van der Waals surface area (Å²) in [7, 11) is 1.87. The molecule has 1 saturated heterocycles. The highest BCUT2D eigenvalue weighted by Gasteiger charge is 2.21. The van der Waals surface area contributed by atoms with Crippen molar-refractivity contribution in [3.8, 4) is 0 Å². The topological polar surface area (TPSA) is 56.9 Å². The second-order valence-corrected chi connectivity index (χ2v) is 7.44. The van der Waals surface area contributed by atoms with E-state index in [1.807, 2.05) is 20.0 Å². The number of piperazine rings is 1. The van der Waals surface area contributed by atoms with Crippen molar-refractivity contribution in [2.24, 2.45) is 4.99 Å². The number of guanidine groups is 1. The first kappa shape index (κ1) is 22.7. The molecule has 1 aromatic carbocycles. The van der Waals surface area contributed by atoms with Gasteiger partial charge in [-0.1, -0.05) is 41.9 Å². The molecule has 0 amide bonds. The highest BCUT2D eigenvalue weighted by Crippen LogP contribution is 2.16. The summed E-state index contributed by atoms with van der Waals surface area (Å²) in [4.78, 5) is 9.25. The van der Waals surface area contributed by atoms with Crippen LogP contribution in [0.25, 0.3) is 0 Å². The van der Waals surface area contributed by atoms with E-state index >= 15 is 0 Å². The molecule has 1 aromatic heterocycles. The molecule has 0 aliphatic carbocycles. The SMILES string of the molecule is CN=C(NCC(C)c1cccc(C)c1)N1CCN(Cc2cc(C)on2)CC1.I. The van der Waals surface area contributed by atoms with Gasteiger partial charge >= 0.3 is 0 Å². The van der Waals surface area contributed by atoms with E-state index in [0.29, 0.717) is 5.92 Å². The molecule has 7 heteroatoms. The zero-order valence-electron chi connectivity index (χ0n) is 17.3. The Labute approximate surface area is 185 Å². The molecule has 1 unspecified atom stereocenters. The minimum absolute atomic E-state index is 0. The number of hydrogen-bond acceptors (Lipinski definition) is 4. The van der Waals surface area contributed by atoms with Crippen LogP contribution in [0, 0.1) is 13.8 Å². The van der Waals surface area contributed by atoms with Crippen LogP contribution < -0.4 is 5.32 Å². The number of aromatic nitrogens is 1. The fraction of sp³-hybridized carbons (Fsp3) is 0.524. The van der Waals surface area contributed by atoms with E-state index in [2.05, 4.69) is 63.4 Å². The van der Waals surface area contributed by atoms with Crippen molar-refractivity contribution in [3.63, 3.8) is 0 Å². The largest absolute Gasteiger partial charge is 0.361 e. The Bertz CT molecular complexity index is 768. The number of aliphatic imine (C=N–C) groups is 1. The first-order valence-corrected chi connectivity index (χ1v) is 9.72. The molecule has 28 heavy (non-hydrogen) atoms. The summed E-state index contributed by atoms with van der Waals surface area (Å²) in [6.07, 6.45) is 0. The highest BCUT2D eigenvalue weighted by molar-refractivity contribution is 14.0. The average Bonchev–Trinajstić information content (AvgIpc) is 3.08. The summed E-state index contributed by atoms with van der Waals surface area (Å²) in [6, 6.07) is 10.7. The summed E-state index contributed by atoms with van der Waals surface area (Å²) in [6.45, 7) is 12.0. The first-order chi connectivity index (χ1) is 13.0. The lowest BCUT2D eigenvalue weighted by Gasteiger charge is -2.36. The van der Waals surface area contributed by atoms with Crippen LogP contribution in [0.4, 0.5) is 0 Å². The van der Waals surface area contributed by atoms with Gasteiger partial charge in [-0.2, -0.15) is 0 Å². The maximum absolute atomic E-state index is 5.16. The van der Waals surface area contributed by atoms with Gasteiger partial charge in [0.2, 0.25) is 0 Å². The molecule has 0 bridgehead atoms. The summed E-state index contributed by atoms with van der Waals surface area (Å²) in [5.41, 5.74) is 3.68. The smallest absolute Gasteiger partial charge is 0.193 e. The van der Waals surface area contributed by atoms with Gasteiger partial charge in [0.15, 0.2) is 5.96 Å². The van der Waals surface area contributed by atoms with Crippen LogP contribution in [0.3, 0.4) is 0 Å². The van der Waals surface area contributed by atoms with Gasteiger partial charge in [-0.25, -0.2) is 0 Å². The van der Waals surface area contributed by atoms with Gasteiger partial charge in [-0.3, -0.25) is 9.89 Å². The Morgan fingerprint density at radius 2 is 1.96 bits per heavy atom. The number of hydrogen-bond donors (Lipinski definition) is 1. The van der Waals surface area contributed by atoms with Gasteiger partial charge in [0.1, 0.15) is 5.76 Å². The van der Waals surface area contributed by atoms with Gasteiger partial charge in [0, 0.05) is 52.4 Å². The molecule has 154 valence electrons. The molecule has 1 aliphatic heterocycles. The lowest BCUT2D eigenvalue weighted by atomic mass is 9.99. The molecule has 0 radical (unpaired) electrons. The number of halogens is 1.